The first-order chi connectivity index (χ1) is 4.70. The monoisotopic (exact) mass is 252 g/mol. The van der Waals surface area contributed by atoms with Gasteiger partial charge in [-0.3, -0.25) is 0 Å². The summed E-state index contributed by atoms with van der Waals surface area (Å²) in [6.45, 7) is 5.57. The second-order valence-electron chi connectivity index (χ2n) is 2.34. The fourth-order valence-corrected chi connectivity index (χ4v) is 0.946. The highest BCUT2D eigenvalue weighted by Crippen LogP contribution is 2.09. The Kier molecular flexibility index (Phi) is 6.02. The van der Waals surface area contributed by atoms with Crippen molar-refractivity contribution >= 4 is 22.6 Å². The number of rotatable bonds is 4. The molecule has 1 atom stereocenters. The molecule has 0 saturated carbocycles. The van der Waals surface area contributed by atoms with Gasteiger partial charge in [0.25, 0.3) is 0 Å². The number of hydrogen-bond donors (Lipinski definition) is 1. The Morgan fingerprint density at radius 3 is 2.80 bits per heavy atom. The van der Waals surface area contributed by atoms with Crippen LogP contribution in [0.2, 0.25) is 0 Å². The van der Waals surface area contributed by atoms with Crippen LogP contribution in [0.4, 0.5) is 0 Å². The molecule has 0 aromatic carbocycles. The van der Waals surface area contributed by atoms with E-state index < -0.39 is 0 Å². The third-order valence-electron chi connectivity index (χ3n) is 1.18. The Bertz CT molecular complexity index is 129. The van der Waals surface area contributed by atoms with E-state index in [1.165, 1.54) is 5.57 Å². The van der Waals surface area contributed by atoms with Gasteiger partial charge in [-0.1, -0.05) is 34.2 Å². The van der Waals surface area contributed by atoms with Crippen molar-refractivity contribution in [2.45, 2.75) is 25.9 Å². The zero-order valence-corrected chi connectivity index (χ0v) is 8.34. The molecule has 0 rings (SSSR count). The van der Waals surface area contributed by atoms with Crippen molar-refractivity contribution in [3.8, 4) is 0 Å². The van der Waals surface area contributed by atoms with Crippen molar-refractivity contribution < 1.29 is 5.11 Å². The van der Waals surface area contributed by atoms with Gasteiger partial charge in [0.1, 0.15) is 0 Å². The van der Waals surface area contributed by atoms with E-state index in [4.69, 9.17) is 0 Å². The molecule has 0 aliphatic heterocycles. The summed E-state index contributed by atoms with van der Waals surface area (Å²) in [6, 6.07) is 0. The predicted octanol–water partition coefficient (Wildman–Crippen LogP) is 2.65. The number of halogens is 1. The highest BCUT2D eigenvalue weighted by molar-refractivity contribution is 14.1. The van der Waals surface area contributed by atoms with Gasteiger partial charge >= 0.3 is 0 Å². The van der Waals surface area contributed by atoms with E-state index in [0.717, 1.165) is 6.42 Å². The maximum Gasteiger partial charge on any atom is 0.0611 e. The van der Waals surface area contributed by atoms with Gasteiger partial charge in [0.2, 0.25) is 0 Å². The van der Waals surface area contributed by atoms with Crippen molar-refractivity contribution in [1.82, 2.24) is 0 Å². The second kappa shape index (κ2) is 5.92. The molecule has 1 N–H and O–H groups in total. The normalized spacial score (nSPS) is 14.9. The molecule has 0 bridgehead atoms. The maximum absolute atomic E-state index is 9.24. The Labute approximate surface area is 76.0 Å². The molecule has 0 radical (unpaired) electrons. The molecule has 0 amide bonds. The van der Waals surface area contributed by atoms with Gasteiger partial charge in [0, 0.05) is 0 Å². The minimum Gasteiger partial charge on any atom is -0.392 e. The molecule has 0 unspecified atom stereocenters. The average molecular weight is 252 g/mol. The minimum atomic E-state index is -0.247. The summed E-state index contributed by atoms with van der Waals surface area (Å²) in [5.41, 5.74) is 1.22. The molecule has 10 heavy (non-hydrogen) atoms. The van der Waals surface area contributed by atoms with Crippen molar-refractivity contribution in [1.29, 1.82) is 0 Å². The standard InChI is InChI=1S/C8H13IO/c1-3-4-8(10)5-7(2)6-9/h3,6,8,10H,1,4-5H2,2H3/b7-6+/t8-/m1/s1. The van der Waals surface area contributed by atoms with Gasteiger partial charge in [-0.15, -0.1) is 6.58 Å². The van der Waals surface area contributed by atoms with Crippen LogP contribution in [0.1, 0.15) is 19.8 Å². The molecule has 0 aliphatic carbocycles. The zero-order valence-electron chi connectivity index (χ0n) is 6.18. The summed E-state index contributed by atoms with van der Waals surface area (Å²) < 4.78 is 1.99. The summed E-state index contributed by atoms with van der Waals surface area (Å²) in [4.78, 5) is 0. The van der Waals surface area contributed by atoms with Crippen LogP contribution in [-0.2, 0) is 0 Å². The van der Waals surface area contributed by atoms with E-state index in [1.54, 1.807) is 6.08 Å². The molecule has 0 aromatic heterocycles. The third-order valence-corrected chi connectivity index (χ3v) is 2.25. The quantitative estimate of drug-likeness (QED) is 0.602. The first-order valence-electron chi connectivity index (χ1n) is 3.25. The van der Waals surface area contributed by atoms with Crippen molar-refractivity contribution in [2.75, 3.05) is 0 Å². The van der Waals surface area contributed by atoms with Gasteiger partial charge in [-0.05, 0) is 23.8 Å². The molecule has 0 spiro atoms. The molecule has 0 fully saturated rings. The van der Waals surface area contributed by atoms with Crippen molar-refractivity contribution in [2.24, 2.45) is 0 Å². The Balaban J connectivity index is 3.56. The lowest BCUT2D eigenvalue weighted by Gasteiger charge is -2.06. The second-order valence-corrected chi connectivity index (χ2v) is 2.96. The van der Waals surface area contributed by atoms with E-state index in [2.05, 4.69) is 29.2 Å². The predicted molar refractivity (Wildman–Crippen MR) is 53.2 cm³/mol. The van der Waals surface area contributed by atoms with Crippen LogP contribution < -0.4 is 0 Å². The number of hydrogen-bond acceptors (Lipinski definition) is 1. The van der Waals surface area contributed by atoms with Crippen LogP contribution in [0, 0.1) is 0 Å². The third kappa shape index (κ3) is 4.99. The van der Waals surface area contributed by atoms with E-state index in [1.807, 2.05) is 11.0 Å². The summed E-state index contributed by atoms with van der Waals surface area (Å²) >= 11 is 2.18. The Morgan fingerprint density at radius 1 is 1.80 bits per heavy atom. The van der Waals surface area contributed by atoms with Gasteiger partial charge in [-0.25, -0.2) is 0 Å². The SMILES string of the molecule is C=CC[C@@H](O)C/C(C)=C/I. The molecule has 1 nitrogen and oxygen atoms in total. The van der Waals surface area contributed by atoms with Crippen LogP contribution in [0.5, 0.6) is 0 Å². The molecule has 2 heteroatoms. The average Bonchev–Trinajstić information content (AvgIpc) is 1.88. The van der Waals surface area contributed by atoms with Crippen LogP contribution in [0.3, 0.4) is 0 Å². The fourth-order valence-electron chi connectivity index (χ4n) is 0.692. The van der Waals surface area contributed by atoms with Crippen LogP contribution >= 0.6 is 22.6 Å². The summed E-state index contributed by atoms with van der Waals surface area (Å²) in [5, 5.41) is 9.24. The maximum atomic E-state index is 9.24. The molecule has 0 aromatic rings. The van der Waals surface area contributed by atoms with E-state index in [9.17, 15) is 5.11 Å². The first-order valence-corrected chi connectivity index (χ1v) is 4.50. The van der Waals surface area contributed by atoms with E-state index in [0.29, 0.717) is 6.42 Å². The largest absolute Gasteiger partial charge is 0.392 e. The van der Waals surface area contributed by atoms with Gasteiger partial charge in [-0.2, -0.15) is 0 Å². The van der Waals surface area contributed by atoms with Gasteiger partial charge in [0.05, 0.1) is 6.10 Å². The highest BCUT2D eigenvalue weighted by Gasteiger charge is 2.00. The molecule has 0 aliphatic rings. The van der Waals surface area contributed by atoms with E-state index in [-0.39, 0.29) is 6.10 Å². The molecular weight excluding hydrogens is 239 g/mol. The lowest BCUT2D eigenvalue weighted by Crippen LogP contribution is -2.04. The first kappa shape index (κ1) is 10.2. The topological polar surface area (TPSA) is 20.2 Å². The lowest BCUT2D eigenvalue weighted by atomic mass is 10.1. The molecule has 58 valence electrons. The molecule has 0 heterocycles. The van der Waals surface area contributed by atoms with Gasteiger partial charge < -0.3 is 5.11 Å². The van der Waals surface area contributed by atoms with Crippen LogP contribution in [0.15, 0.2) is 22.3 Å². The van der Waals surface area contributed by atoms with Crippen LogP contribution in [0.25, 0.3) is 0 Å². The number of aliphatic hydroxyl groups is 1. The Morgan fingerprint density at radius 2 is 2.40 bits per heavy atom. The summed E-state index contributed by atoms with van der Waals surface area (Å²) in [7, 11) is 0. The Hall–Kier alpha value is 0.170. The van der Waals surface area contributed by atoms with E-state index >= 15 is 0 Å². The summed E-state index contributed by atoms with van der Waals surface area (Å²) in [5.74, 6) is 0. The van der Waals surface area contributed by atoms with Gasteiger partial charge in [0.15, 0.2) is 0 Å². The highest BCUT2D eigenvalue weighted by atomic mass is 127. The number of aliphatic hydroxyl groups excluding tert-OH is 1. The lowest BCUT2D eigenvalue weighted by molar-refractivity contribution is 0.178. The smallest absolute Gasteiger partial charge is 0.0611 e. The van der Waals surface area contributed by atoms with Crippen LogP contribution in [-0.4, -0.2) is 11.2 Å². The molecule has 0 saturated heterocycles. The minimum absolute atomic E-state index is 0.247. The fraction of sp³-hybridized carbons (Fsp3) is 0.500. The van der Waals surface area contributed by atoms with Crippen molar-refractivity contribution in [3.63, 3.8) is 0 Å². The van der Waals surface area contributed by atoms with Crippen molar-refractivity contribution in [3.05, 3.63) is 22.3 Å². The molecular formula is C8H13IO. The summed E-state index contributed by atoms with van der Waals surface area (Å²) in [6.07, 6.45) is 2.94. The zero-order chi connectivity index (χ0) is 7.98.